The van der Waals surface area contributed by atoms with Crippen LogP contribution in [0.2, 0.25) is 0 Å². The number of rotatable bonds is 4. The molecule has 0 aliphatic rings. The molecule has 1 N–H and O–H groups in total. The predicted molar refractivity (Wildman–Crippen MR) is 46.6 cm³/mol. The summed E-state index contributed by atoms with van der Waals surface area (Å²) < 4.78 is 28.3. The van der Waals surface area contributed by atoms with E-state index in [-0.39, 0.29) is 35.3 Å². The summed E-state index contributed by atoms with van der Waals surface area (Å²) in [7, 11) is -3.72. The van der Waals surface area contributed by atoms with Crippen molar-refractivity contribution in [1.29, 1.82) is 0 Å². The molecule has 0 unspecified atom stereocenters. The molecule has 0 rings (SSSR count). The molecule has 0 bridgehead atoms. The van der Waals surface area contributed by atoms with Crippen LogP contribution in [-0.4, -0.2) is 59.8 Å². The van der Waals surface area contributed by atoms with Crippen LogP contribution in [0.15, 0.2) is 0 Å². The molecule has 3 nitrogen and oxygen atoms in total. The molecule has 0 saturated heterocycles. The first kappa shape index (κ1) is 13.8. The van der Waals surface area contributed by atoms with E-state index >= 15 is 0 Å². The van der Waals surface area contributed by atoms with Crippen LogP contribution in [-0.2, 0) is 10.1 Å². The summed E-state index contributed by atoms with van der Waals surface area (Å²) in [5, 5.41) is 0. The fraction of sp³-hybridized carbons (Fsp3) is 1.00. The standard InChI is InChI=1S/C4H10O3S2.Na.H/c1-2-8-3-4-9(5,6)7;;/h2-4H2,1H3,(H,5,6,7);;. The van der Waals surface area contributed by atoms with Crippen molar-refractivity contribution in [2.75, 3.05) is 17.3 Å². The third-order valence-electron chi connectivity index (χ3n) is 0.690. The Morgan fingerprint density at radius 1 is 1.50 bits per heavy atom. The summed E-state index contributed by atoms with van der Waals surface area (Å²) in [6, 6.07) is 0. The molecule has 0 aliphatic heterocycles. The second-order valence-electron chi connectivity index (χ2n) is 1.48. The second-order valence-corrected chi connectivity index (χ2v) is 4.45. The van der Waals surface area contributed by atoms with Gasteiger partial charge in [0.25, 0.3) is 10.1 Å². The molecule has 0 spiro atoms. The number of thioether (sulfide) groups is 1. The Hall–Kier alpha value is 1.26. The van der Waals surface area contributed by atoms with Gasteiger partial charge in [-0.2, -0.15) is 20.2 Å². The molecule has 6 heteroatoms. The minimum absolute atomic E-state index is 0. The molecule has 0 aromatic heterocycles. The van der Waals surface area contributed by atoms with Crippen LogP contribution >= 0.6 is 11.8 Å². The van der Waals surface area contributed by atoms with Crippen LogP contribution in [0.1, 0.15) is 6.92 Å². The van der Waals surface area contributed by atoms with Crippen molar-refractivity contribution in [3.63, 3.8) is 0 Å². The van der Waals surface area contributed by atoms with Crippen molar-refractivity contribution >= 4 is 51.4 Å². The van der Waals surface area contributed by atoms with Crippen molar-refractivity contribution in [1.82, 2.24) is 0 Å². The van der Waals surface area contributed by atoms with Gasteiger partial charge in [0.15, 0.2) is 0 Å². The topological polar surface area (TPSA) is 54.4 Å². The Balaban J connectivity index is 0. The van der Waals surface area contributed by atoms with E-state index < -0.39 is 10.1 Å². The second kappa shape index (κ2) is 6.94. The van der Waals surface area contributed by atoms with Crippen LogP contribution in [0.3, 0.4) is 0 Å². The predicted octanol–water partition coefficient (Wildman–Crippen LogP) is -0.0212. The first-order valence-corrected chi connectivity index (χ1v) is 5.35. The Kier molecular flexibility index (Phi) is 9.59. The quantitative estimate of drug-likeness (QED) is 0.388. The van der Waals surface area contributed by atoms with E-state index in [0.29, 0.717) is 5.75 Å². The van der Waals surface area contributed by atoms with Gasteiger partial charge in [-0.15, -0.1) is 0 Å². The molecule has 0 aromatic carbocycles. The van der Waals surface area contributed by atoms with Gasteiger partial charge < -0.3 is 0 Å². The van der Waals surface area contributed by atoms with Crippen LogP contribution < -0.4 is 0 Å². The Morgan fingerprint density at radius 3 is 2.30 bits per heavy atom. The Labute approximate surface area is 88.0 Å². The summed E-state index contributed by atoms with van der Waals surface area (Å²) >= 11 is 1.50. The molecule has 0 fully saturated rings. The van der Waals surface area contributed by atoms with Gasteiger partial charge in [0.05, 0.1) is 5.75 Å². The van der Waals surface area contributed by atoms with E-state index in [9.17, 15) is 8.42 Å². The first-order chi connectivity index (χ1) is 4.06. The summed E-state index contributed by atoms with van der Waals surface area (Å²) in [6.07, 6.45) is 0. The van der Waals surface area contributed by atoms with Crippen LogP contribution in [0.5, 0.6) is 0 Å². The van der Waals surface area contributed by atoms with Gasteiger partial charge in [0, 0.05) is 5.75 Å². The average molecular weight is 194 g/mol. The molecule has 0 amide bonds. The maximum absolute atomic E-state index is 10.0. The van der Waals surface area contributed by atoms with Gasteiger partial charge in [-0.25, -0.2) is 0 Å². The monoisotopic (exact) mass is 194 g/mol. The zero-order chi connectivity index (χ0) is 7.33. The van der Waals surface area contributed by atoms with E-state index in [2.05, 4.69) is 0 Å². The molecule has 0 saturated carbocycles. The molecule has 10 heavy (non-hydrogen) atoms. The van der Waals surface area contributed by atoms with E-state index in [1.54, 1.807) is 0 Å². The summed E-state index contributed by atoms with van der Waals surface area (Å²) in [4.78, 5) is 0. The minimum atomic E-state index is -3.72. The Morgan fingerprint density at radius 2 is 2.00 bits per heavy atom. The van der Waals surface area contributed by atoms with E-state index in [0.717, 1.165) is 5.75 Å². The van der Waals surface area contributed by atoms with Crippen LogP contribution in [0, 0.1) is 0 Å². The van der Waals surface area contributed by atoms with Gasteiger partial charge >= 0.3 is 29.6 Å². The van der Waals surface area contributed by atoms with Crippen molar-refractivity contribution in [2.24, 2.45) is 0 Å². The Bertz CT molecular complexity index is 154. The van der Waals surface area contributed by atoms with E-state index in [1.807, 2.05) is 6.92 Å². The fourth-order valence-electron chi connectivity index (χ4n) is 0.309. The fourth-order valence-corrected chi connectivity index (χ4v) is 1.91. The SMILES string of the molecule is CCSCCS(=O)(=O)O.[NaH]. The zero-order valence-corrected chi connectivity index (χ0v) is 6.83. The van der Waals surface area contributed by atoms with Crippen molar-refractivity contribution in [3.8, 4) is 0 Å². The van der Waals surface area contributed by atoms with Crippen LogP contribution in [0.25, 0.3) is 0 Å². The molecule has 58 valence electrons. The molecular weight excluding hydrogens is 183 g/mol. The summed E-state index contributed by atoms with van der Waals surface area (Å²) in [5.41, 5.74) is 0. The van der Waals surface area contributed by atoms with Crippen LogP contribution in [0.4, 0.5) is 0 Å². The van der Waals surface area contributed by atoms with Crippen molar-refractivity contribution in [3.05, 3.63) is 0 Å². The summed E-state index contributed by atoms with van der Waals surface area (Å²) in [6.45, 7) is 1.94. The van der Waals surface area contributed by atoms with Gasteiger partial charge in [0.2, 0.25) is 0 Å². The number of hydrogen-bond acceptors (Lipinski definition) is 3. The van der Waals surface area contributed by atoms with Crippen molar-refractivity contribution < 1.29 is 13.0 Å². The van der Waals surface area contributed by atoms with Gasteiger partial charge in [-0.1, -0.05) is 6.92 Å². The molecule has 0 aromatic rings. The maximum atomic E-state index is 10.0. The number of hydrogen-bond donors (Lipinski definition) is 1. The molecular formula is C4H11NaO3S2. The van der Waals surface area contributed by atoms with Gasteiger partial charge in [-0.05, 0) is 5.75 Å². The van der Waals surface area contributed by atoms with E-state index in [1.165, 1.54) is 11.8 Å². The molecule has 0 heterocycles. The third kappa shape index (κ3) is 12.0. The normalized spacial score (nSPS) is 10.6. The average Bonchev–Trinajstić information content (AvgIpc) is 1.63. The third-order valence-corrected chi connectivity index (χ3v) is 2.57. The van der Waals surface area contributed by atoms with E-state index in [4.69, 9.17) is 4.55 Å². The van der Waals surface area contributed by atoms with Gasteiger partial charge in [-0.3, -0.25) is 4.55 Å². The van der Waals surface area contributed by atoms with Gasteiger partial charge in [0.1, 0.15) is 0 Å². The molecule has 0 radical (unpaired) electrons. The first-order valence-electron chi connectivity index (χ1n) is 2.59. The van der Waals surface area contributed by atoms with Crippen molar-refractivity contribution in [2.45, 2.75) is 6.92 Å². The molecule has 0 aliphatic carbocycles. The molecule has 0 atom stereocenters. The summed E-state index contributed by atoms with van der Waals surface area (Å²) in [5.74, 6) is 1.23. The zero-order valence-electron chi connectivity index (χ0n) is 5.20.